The Morgan fingerprint density at radius 1 is 0.281 bits per heavy atom. The zero-order valence-electron chi connectivity index (χ0n) is 30.9. The van der Waals surface area contributed by atoms with Crippen molar-refractivity contribution >= 4 is 65.6 Å². The Hall–Kier alpha value is -7.62. The summed E-state index contributed by atoms with van der Waals surface area (Å²) in [7, 11) is 0. The van der Waals surface area contributed by atoms with E-state index >= 15 is 0 Å². The Bertz CT molecular complexity index is 3500. The van der Waals surface area contributed by atoms with Gasteiger partial charge in [0, 0.05) is 49.8 Å². The van der Waals surface area contributed by atoms with Crippen LogP contribution in [-0.4, -0.2) is 9.13 Å². The highest BCUT2D eigenvalue weighted by atomic mass is 16.3. The molecule has 0 bridgehead atoms. The lowest BCUT2D eigenvalue weighted by atomic mass is 9.93. The standard InChI is InChI=1S/C54H34N2O/c1-4-14-35(15-5-1)39-32-45(36-16-6-2-7-17-36)54-47-31-38(25-29-50(47)55(51(54)33-39)40-18-8-3-9-19-40)37-24-28-49-46(30-37)42-20-10-12-22-48(42)56(49)41-26-27-44-43-21-11-13-23-52(43)57-53(44)34-41/h1-34H. The normalized spacial score (nSPS) is 11.9. The monoisotopic (exact) mass is 726 g/mol. The maximum Gasteiger partial charge on any atom is 0.137 e. The largest absolute Gasteiger partial charge is 0.456 e. The molecule has 0 aliphatic heterocycles. The molecule has 3 nitrogen and oxygen atoms in total. The first-order valence-corrected chi connectivity index (χ1v) is 19.5. The van der Waals surface area contributed by atoms with Crippen LogP contribution in [0.3, 0.4) is 0 Å². The Kier molecular flexibility index (Phi) is 6.93. The summed E-state index contributed by atoms with van der Waals surface area (Å²) in [4.78, 5) is 0. The highest BCUT2D eigenvalue weighted by molar-refractivity contribution is 6.18. The fraction of sp³-hybridized carbons (Fsp3) is 0. The molecule has 3 aromatic heterocycles. The second-order valence-corrected chi connectivity index (χ2v) is 14.9. The number of benzene rings is 9. The van der Waals surface area contributed by atoms with Gasteiger partial charge in [0.25, 0.3) is 0 Å². The van der Waals surface area contributed by atoms with Crippen molar-refractivity contribution in [2.75, 3.05) is 0 Å². The van der Waals surface area contributed by atoms with Crippen LogP contribution in [0.1, 0.15) is 0 Å². The molecule has 0 unspecified atom stereocenters. The summed E-state index contributed by atoms with van der Waals surface area (Å²) in [5, 5.41) is 7.19. The fourth-order valence-electron chi connectivity index (χ4n) is 9.11. The van der Waals surface area contributed by atoms with Gasteiger partial charge in [0.2, 0.25) is 0 Å². The molecule has 0 aliphatic rings. The van der Waals surface area contributed by atoms with Crippen LogP contribution in [-0.2, 0) is 0 Å². The minimum absolute atomic E-state index is 0.894. The predicted molar refractivity (Wildman–Crippen MR) is 239 cm³/mol. The first-order chi connectivity index (χ1) is 28.3. The number of hydrogen-bond acceptors (Lipinski definition) is 1. The number of furan rings is 1. The van der Waals surface area contributed by atoms with E-state index in [1.807, 2.05) is 12.1 Å². The maximum absolute atomic E-state index is 6.34. The van der Waals surface area contributed by atoms with E-state index in [-0.39, 0.29) is 0 Å². The summed E-state index contributed by atoms with van der Waals surface area (Å²) >= 11 is 0. The Labute approximate surface area is 328 Å². The minimum atomic E-state index is 0.894. The quantitative estimate of drug-likeness (QED) is 0.173. The first kappa shape index (κ1) is 31.7. The van der Waals surface area contributed by atoms with Crippen LogP contribution in [0.5, 0.6) is 0 Å². The van der Waals surface area contributed by atoms with Crippen LogP contribution in [0.4, 0.5) is 0 Å². The van der Waals surface area contributed by atoms with Gasteiger partial charge in [-0.15, -0.1) is 0 Å². The van der Waals surface area contributed by atoms with E-state index in [4.69, 9.17) is 4.42 Å². The summed E-state index contributed by atoms with van der Waals surface area (Å²) in [5.74, 6) is 0. The molecule has 12 rings (SSSR count). The van der Waals surface area contributed by atoms with Crippen LogP contribution in [0.2, 0.25) is 0 Å². The number of aromatic nitrogens is 2. The topological polar surface area (TPSA) is 23.0 Å². The van der Waals surface area contributed by atoms with Crippen molar-refractivity contribution in [1.82, 2.24) is 9.13 Å². The second-order valence-electron chi connectivity index (χ2n) is 14.9. The molecule has 57 heavy (non-hydrogen) atoms. The van der Waals surface area contributed by atoms with Crippen molar-refractivity contribution in [3.8, 4) is 44.8 Å². The van der Waals surface area contributed by atoms with Gasteiger partial charge in [0.1, 0.15) is 11.2 Å². The molecule has 0 N–H and O–H groups in total. The molecule has 0 radical (unpaired) electrons. The smallest absolute Gasteiger partial charge is 0.137 e. The molecule has 12 aromatic rings. The van der Waals surface area contributed by atoms with E-state index in [0.29, 0.717) is 0 Å². The second kappa shape index (κ2) is 12.5. The number of hydrogen-bond donors (Lipinski definition) is 0. The summed E-state index contributed by atoms with van der Waals surface area (Å²) in [5.41, 5.74) is 15.9. The molecule has 3 heteroatoms. The van der Waals surface area contributed by atoms with Crippen molar-refractivity contribution in [3.05, 3.63) is 206 Å². The van der Waals surface area contributed by atoms with Crippen molar-refractivity contribution in [1.29, 1.82) is 0 Å². The van der Waals surface area contributed by atoms with Gasteiger partial charge >= 0.3 is 0 Å². The molecular weight excluding hydrogens is 693 g/mol. The zero-order valence-corrected chi connectivity index (χ0v) is 30.9. The van der Waals surface area contributed by atoms with E-state index in [9.17, 15) is 0 Å². The third-order valence-electron chi connectivity index (χ3n) is 11.7. The van der Waals surface area contributed by atoms with E-state index in [1.165, 1.54) is 71.5 Å². The molecular formula is C54H34N2O. The van der Waals surface area contributed by atoms with Gasteiger partial charge in [-0.2, -0.15) is 0 Å². The van der Waals surface area contributed by atoms with Gasteiger partial charge in [-0.05, 0) is 106 Å². The molecule has 0 aliphatic carbocycles. The highest BCUT2D eigenvalue weighted by Crippen LogP contribution is 2.44. The third-order valence-corrected chi connectivity index (χ3v) is 11.7. The Balaban J connectivity index is 1.09. The number of rotatable bonds is 5. The van der Waals surface area contributed by atoms with Gasteiger partial charge in [-0.25, -0.2) is 0 Å². The maximum atomic E-state index is 6.34. The Morgan fingerprint density at radius 3 is 1.63 bits per heavy atom. The first-order valence-electron chi connectivity index (χ1n) is 19.5. The number of fused-ring (bicyclic) bond motifs is 9. The van der Waals surface area contributed by atoms with E-state index in [1.54, 1.807) is 0 Å². The molecule has 0 fully saturated rings. The highest BCUT2D eigenvalue weighted by Gasteiger charge is 2.20. The van der Waals surface area contributed by atoms with Crippen LogP contribution < -0.4 is 0 Å². The molecule has 0 spiro atoms. The van der Waals surface area contributed by atoms with Crippen LogP contribution in [0, 0.1) is 0 Å². The minimum Gasteiger partial charge on any atom is -0.456 e. The lowest BCUT2D eigenvalue weighted by Gasteiger charge is -2.12. The zero-order chi connectivity index (χ0) is 37.5. The third kappa shape index (κ3) is 4.92. The van der Waals surface area contributed by atoms with E-state index in [0.717, 1.165) is 38.8 Å². The van der Waals surface area contributed by atoms with E-state index < -0.39 is 0 Å². The van der Waals surface area contributed by atoms with Crippen LogP contribution >= 0.6 is 0 Å². The van der Waals surface area contributed by atoms with E-state index in [2.05, 4.69) is 203 Å². The number of para-hydroxylation sites is 3. The number of nitrogens with zero attached hydrogens (tertiary/aromatic N) is 2. The van der Waals surface area contributed by atoms with Gasteiger partial charge in [0.05, 0.1) is 22.1 Å². The SMILES string of the molecule is c1ccc(-c2cc(-c3ccccc3)c3c4cc(-c5ccc6c(c5)c5ccccc5n6-c5ccc6c(c5)oc5ccccc56)ccc4n(-c4ccccc4)c3c2)cc1. The molecule has 9 aromatic carbocycles. The summed E-state index contributed by atoms with van der Waals surface area (Å²) in [6.45, 7) is 0. The van der Waals surface area contributed by atoms with Crippen molar-refractivity contribution in [3.63, 3.8) is 0 Å². The van der Waals surface area contributed by atoms with Crippen LogP contribution in [0.15, 0.2) is 211 Å². The van der Waals surface area contributed by atoms with Crippen molar-refractivity contribution in [2.24, 2.45) is 0 Å². The van der Waals surface area contributed by atoms with Gasteiger partial charge in [-0.3, -0.25) is 0 Å². The van der Waals surface area contributed by atoms with Crippen molar-refractivity contribution < 1.29 is 4.42 Å². The fourth-order valence-corrected chi connectivity index (χ4v) is 9.11. The molecule has 3 heterocycles. The molecule has 0 saturated carbocycles. The lowest BCUT2D eigenvalue weighted by molar-refractivity contribution is 0.668. The van der Waals surface area contributed by atoms with Crippen LogP contribution in [0.25, 0.3) is 110 Å². The summed E-state index contributed by atoms with van der Waals surface area (Å²) < 4.78 is 11.1. The molecule has 0 saturated heterocycles. The van der Waals surface area contributed by atoms with Gasteiger partial charge < -0.3 is 13.6 Å². The molecule has 266 valence electrons. The average molecular weight is 727 g/mol. The Morgan fingerprint density at radius 2 is 0.860 bits per heavy atom. The average Bonchev–Trinajstić information content (AvgIpc) is 3.93. The summed E-state index contributed by atoms with van der Waals surface area (Å²) in [6.07, 6.45) is 0. The lowest BCUT2D eigenvalue weighted by Crippen LogP contribution is -1.94. The predicted octanol–water partition coefficient (Wildman–Crippen LogP) is 14.8. The van der Waals surface area contributed by atoms with Crippen molar-refractivity contribution in [2.45, 2.75) is 0 Å². The van der Waals surface area contributed by atoms with Gasteiger partial charge in [0.15, 0.2) is 0 Å². The van der Waals surface area contributed by atoms with Gasteiger partial charge in [-0.1, -0.05) is 127 Å². The molecule has 0 atom stereocenters. The summed E-state index contributed by atoms with van der Waals surface area (Å²) in [6, 6.07) is 74.6. The molecule has 0 amide bonds.